The molecule has 0 heterocycles. The summed E-state index contributed by atoms with van der Waals surface area (Å²) in [5.41, 5.74) is 6.80. The van der Waals surface area contributed by atoms with Gasteiger partial charge >= 0.3 is 0 Å². The Labute approximate surface area is 126 Å². The zero-order valence-corrected chi connectivity index (χ0v) is 13.1. The molecule has 3 N–H and O–H groups in total. The number of aliphatic imine (C=N–C) groups is 1. The minimum Gasteiger partial charge on any atom is -0.381 e. The summed E-state index contributed by atoms with van der Waals surface area (Å²) in [6.45, 7) is 2.31. The number of guanidine groups is 1. The Bertz CT molecular complexity index is 330. The van der Waals surface area contributed by atoms with E-state index in [9.17, 15) is 0 Å². The van der Waals surface area contributed by atoms with Gasteiger partial charge in [0.25, 0.3) is 0 Å². The molecule has 0 aromatic heterocycles. The van der Waals surface area contributed by atoms with Crippen molar-refractivity contribution in [1.82, 2.24) is 5.32 Å². The second-order valence-corrected chi connectivity index (χ2v) is 3.74. The molecule has 0 unspecified atom stereocenters. The van der Waals surface area contributed by atoms with Crippen LogP contribution in [-0.2, 0) is 11.2 Å². The first-order chi connectivity index (χ1) is 8.33. The van der Waals surface area contributed by atoms with Crippen LogP contribution in [0.1, 0.15) is 12.0 Å². The summed E-state index contributed by atoms with van der Waals surface area (Å²) < 4.78 is 5.53. The largest absolute Gasteiger partial charge is 0.381 e. The van der Waals surface area contributed by atoms with Crippen LogP contribution in [0.15, 0.2) is 35.3 Å². The molecule has 0 aliphatic carbocycles. The van der Waals surface area contributed by atoms with Gasteiger partial charge in [-0.1, -0.05) is 30.3 Å². The first kappa shape index (κ1) is 17.2. The fourth-order valence-corrected chi connectivity index (χ4v) is 1.41. The van der Waals surface area contributed by atoms with Gasteiger partial charge in [-0.3, -0.25) is 4.99 Å². The van der Waals surface area contributed by atoms with Crippen LogP contribution >= 0.6 is 24.0 Å². The molecule has 0 aliphatic heterocycles. The number of ether oxygens (including phenoxy) is 1. The van der Waals surface area contributed by atoms with Gasteiger partial charge in [-0.05, 0) is 18.4 Å². The van der Waals surface area contributed by atoms with E-state index in [0.717, 1.165) is 32.6 Å². The Morgan fingerprint density at radius 1 is 1.28 bits per heavy atom. The summed E-state index contributed by atoms with van der Waals surface area (Å²) in [5, 5.41) is 2.99. The average Bonchev–Trinajstić information content (AvgIpc) is 2.38. The fraction of sp³-hybridized carbons (Fsp3) is 0.462. The van der Waals surface area contributed by atoms with E-state index >= 15 is 0 Å². The van der Waals surface area contributed by atoms with Crippen molar-refractivity contribution in [2.45, 2.75) is 12.8 Å². The highest BCUT2D eigenvalue weighted by molar-refractivity contribution is 14.0. The molecule has 0 radical (unpaired) electrons. The molecule has 5 heteroatoms. The van der Waals surface area contributed by atoms with Crippen LogP contribution in [0.4, 0.5) is 0 Å². The first-order valence-electron chi connectivity index (χ1n) is 5.90. The topological polar surface area (TPSA) is 59.6 Å². The van der Waals surface area contributed by atoms with Crippen LogP contribution in [0.5, 0.6) is 0 Å². The molecule has 0 spiro atoms. The summed E-state index contributed by atoms with van der Waals surface area (Å²) in [5.74, 6) is 0.481. The molecule has 0 saturated heterocycles. The van der Waals surface area contributed by atoms with Crippen molar-refractivity contribution < 1.29 is 4.74 Å². The summed E-state index contributed by atoms with van der Waals surface area (Å²) in [6, 6.07) is 10.3. The third-order valence-electron chi connectivity index (χ3n) is 2.39. The number of nitrogens with zero attached hydrogens (tertiary/aromatic N) is 1. The Hall–Kier alpha value is -0.820. The summed E-state index contributed by atoms with van der Waals surface area (Å²) in [7, 11) is 1.67. The number of hydrogen-bond acceptors (Lipinski definition) is 2. The molecular weight excluding hydrogens is 341 g/mol. The Kier molecular flexibility index (Phi) is 10.8. The number of halogens is 1. The van der Waals surface area contributed by atoms with Gasteiger partial charge in [0.1, 0.15) is 0 Å². The number of hydrogen-bond donors (Lipinski definition) is 2. The highest BCUT2D eigenvalue weighted by atomic mass is 127. The molecule has 1 rings (SSSR count). The summed E-state index contributed by atoms with van der Waals surface area (Å²) >= 11 is 0. The zero-order valence-electron chi connectivity index (χ0n) is 10.8. The molecule has 0 fully saturated rings. The first-order valence-corrected chi connectivity index (χ1v) is 5.90. The Morgan fingerprint density at radius 2 is 2.00 bits per heavy atom. The van der Waals surface area contributed by atoms with Crippen molar-refractivity contribution in [1.29, 1.82) is 0 Å². The maximum atomic E-state index is 5.53. The van der Waals surface area contributed by atoms with Crippen molar-refractivity contribution in [2.75, 3.05) is 26.8 Å². The molecule has 102 valence electrons. The van der Waals surface area contributed by atoms with Gasteiger partial charge in [-0.25, -0.2) is 0 Å². The van der Waals surface area contributed by atoms with Crippen molar-refractivity contribution in [3.05, 3.63) is 35.9 Å². The van der Waals surface area contributed by atoms with Gasteiger partial charge in [0.05, 0.1) is 6.61 Å². The lowest BCUT2D eigenvalue weighted by atomic mass is 10.2. The van der Waals surface area contributed by atoms with E-state index in [2.05, 4.69) is 22.4 Å². The van der Waals surface area contributed by atoms with E-state index in [4.69, 9.17) is 10.5 Å². The molecule has 0 bridgehead atoms. The minimum atomic E-state index is 0. The molecule has 0 amide bonds. The number of nitrogens with two attached hydrogens (primary N) is 1. The molecule has 0 atom stereocenters. The van der Waals surface area contributed by atoms with Gasteiger partial charge in [0, 0.05) is 20.2 Å². The van der Waals surface area contributed by atoms with Gasteiger partial charge in [0.2, 0.25) is 0 Å². The van der Waals surface area contributed by atoms with E-state index in [0.29, 0.717) is 5.96 Å². The smallest absolute Gasteiger partial charge is 0.188 e. The van der Waals surface area contributed by atoms with Gasteiger partial charge in [-0.15, -0.1) is 24.0 Å². The maximum absolute atomic E-state index is 5.53. The highest BCUT2D eigenvalue weighted by Crippen LogP contribution is 1.99. The van der Waals surface area contributed by atoms with Crippen LogP contribution in [0, 0.1) is 0 Å². The van der Waals surface area contributed by atoms with Crippen LogP contribution in [0.2, 0.25) is 0 Å². The van der Waals surface area contributed by atoms with E-state index < -0.39 is 0 Å². The normalized spacial score (nSPS) is 10.8. The van der Waals surface area contributed by atoms with Crippen molar-refractivity contribution >= 4 is 29.9 Å². The van der Waals surface area contributed by atoms with Crippen LogP contribution in [0.25, 0.3) is 0 Å². The van der Waals surface area contributed by atoms with Gasteiger partial charge in [-0.2, -0.15) is 0 Å². The monoisotopic (exact) mass is 363 g/mol. The predicted molar refractivity (Wildman–Crippen MR) is 86.5 cm³/mol. The molecule has 18 heavy (non-hydrogen) atoms. The van der Waals surface area contributed by atoms with E-state index in [1.165, 1.54) is 5.56 Å². The van der Waals surface area contributed by atoms with Crippen LogP contribution in [0.3, 0.4) is 0 Å². The molecule has 0 saturated carbocycles. The van der Waals surface area contributed by atoms with Crippen molar-refractivity contribution in [3.8, 4) is 0 Å². The molecule has 0 aliphatic rings. The lowest BCUT2D eigenvalue weighted by Crippen LogP contribution is -2.32. The van der Waals surface area contributed by atoms with Gasteiger partial charge in [0.15, 0.2) is 5.96 Å². The highest BCUT2D eigenvalue weighted by Gasteiger charge is 1.93. The van der Waals surface area contributed by atoms with Crippen molar-refractivity contribution in [3.63, 3.8) is 0 Å². The van der Waals surface area contributed by atoms with Crippen molar-refractivity contribution in [2.24, 2.45) is 10.7 Å². The number of benzene rings is 1. The lowest BCUT2D eigenvalue weighted by Gasteiger charge is -2.06. The third kappa shape index (κ3) is 8.30. The lowest BCUT2D eigenvalue weighted by molar-refractivity contribution is 0.135. The average molecular weight is 363 g/mol. The number of nitrogens with one attached hydrogen (secondary N) is 1. The molecule has 1 aromatic rings. The maximum Gasteiger partial charge on any atom is 0.188 e. The fourth-order valence-electron chi connectivity index (χ4n) is 1.41. The van der Waals surface area contributed by atoms with Crippen LogP contribution in [-0.4, -0.2) is 32.8 Å². The SMILES string of the molecule is CN=C(N)NCCCOCCc1ccccc1.I. The van der Waals surface area contributed by atoms with Gasteiger partial charge < -0.3 is 15.8 Å². The Balaban J connectivity index is 0.00000289. The molecule has 1 aromatic carbocycles. The zero-order chi connectivity index (χ0) is 12.3. The number of rotatable bonds is 7. The summed E-state index contributed by atoms with van der Waals surface area (Å²) in [6.07, 6.45) is 1.90. The van der Waals surface area contributed by atoms with E-state index in [1.54, 1.807) is 7.05 Å². The second kappa shape index (κ2) is 11.3. The quantitative estimate of drug-likeness (QED) is 0.336. The third-order valence-corrected chi connectivity index (χ3v) is 2.39. The summed E-state index contributed by atoms with van der Waals surface area (Å²) in [4.78, 5) is 3.80. The van der Waals surface area contributed by atoms with E-state index in [1.807, 2.05) is 18.2 Å². The molecular formula is C13H22IN3O. The standard InChI is InChI=1S/C13H21N3O.HI/c1-15-13(14)16-9-5-10-17-11-8-12-6-3-2-4-7-12;/h2-4,6-7H,5,8-11H2,1H3,(H3,14,15,16);1H. The van der Waals surface area contributed by atoms with Crippen LogP contribution < -0.4 is 11.1 Å². The predicted octanol–water partition coefficient (Wildman–Crippen LogP) is 1.79. The van der Waals surface area contributed by atoms with E-state index in [-0.39, 0.29) is 24.0 Å². The second-order valence-electron chi connectivity index (χ2n) is 3.74. The Morgan fingerprint density at radius 3 is 2.67 bits per heavy atom. The minimum absolute atomic E-state index is 0. The molecule has 4 nitrogen and oxygen atoms in total.